The van der Waals surface area contributed by atoms with Gasteiger partial charge in [-0.3, -0.25) is 4.79 Å². The number of sulfonamides is 1. The number of aryl methyl sites for hydroxylation is 1. The van der Waals surface area contributed by atoms with E-state index in [1.54, 1.807) is 19.9 Å². The third-order valence-electron chi connectivity index (χ3n) is 3.82. The van der Waals surface area contributed by atoms with Gasteiger partial charge in [-0.2, -0.15) is 0 Å². The van der Waals surface area contributed by atoms with Crippen molar-refractivity contribution in [2.24, 2.45) is 11.7 Å². The number of hydrogen-bond donors (Lipinski definition) is 3. The van der Waals surface area contributed by atoms with E-state index in [4.69, 9.17) is 5.73 Å². The van der Waals surface area contributed by atoms with Crippen LogP contribution in [-0.2, 0) is 10.0 Å². The Balaban J connectivity index is 3.15. The number of benzene rings is 1. The van der Waals surface area contributed by atoms with Gasteiger partial charge in [-0.1, -0.05) is 26.8 Å². The molecule has 0 saturated carbocycles. The molecule has 0 heterocycles. The topological polar surface area (TPSA) is 101 Å². The first kappa shape index (κ1) is 20.6. The van der Waals surface area contributed by atoms with Crippen molar-refractivity contribution in [3.8, 4) is 0 Å². The zero-order valence-electron chi connectivity index (χ0n) is 15.1. The van der Waals surface area contributed by atoms with E-state index >= 15 is 0 Å². The SMILES string of the molecule is CCNS(=O)(=O)c1ccc(C)c(C(=O)NC(C)(CN)CC(C)C)c1. The Kier molecular flexibility index (Phi) is 6.95. The summed E-state index contributed by atoms with van der Waals surface area (Å²) in [6, 6.07) is 4.55. The third kappa shape index (κ3) is 5.29. The molecule has 0 saturated heterocycles. The van der Waals surface area contributed by atoms with Crippen molar-refractivity contribution in [1.82, 2.24) is 10.0 Å². The number of nitrogens with two attached hydrogens (primary N) is 1. The summed E-state index contributed by atoms with van der Waals surface area (Å²) in [5, 5.41) is 2.96. The molecule has 1 atom stereocenters. The highest BCUT2D eigenvalue weighted by Crippen LogP contribution is 2.19. The van der Waals surface area contributed by atoms with Gasteiger partial charge >= 0.3 is 0 Å². The molecule has 0 aromatic heterocycles. The standard InChI is InChI=1S/C17H29N3O3S/c1-6-19-24(22,23)14-8-7-13(4)15(9-14)16(21)20-17(5,11-18)10-12(2)3/h7-9,12,19H,6,10-11,18H2,1-5H3,(H,20,21). The molecule has 1 unspecified atom stereocenters. The van der Waals surface area contributed by atoms with Crippen LogP contribution >= 0.6 is 0 Å². The molecule has 6 nitrogen and oxygen atoms in total. The van der Waals surface area contributed by atoms with Crippen LogP contribution < -0.4 is 15.8 Å². The van der Waals surface area contributed by atoms with Crippen molar-refractivity contribution >= 4 is 15.9 Å². The van der Waals surface area contributed by atoms with Crippen molar-refractivity contribution in [1.29, 1.82) is 0 Å². The van der Waals surface area contributed by atoms with E-state index in [2.05, 4.69) is 23.9 Å². The van der Waals surface area contributed by atoms with Crippen molar-refractivity contribution in [2.45, 2.75) is 51.5 Å². The van der Waals surface area contributed by atoms with Gasteiger partial charge in [0.2, 0.25) is 10.0 Å². The van der Waals surface area contributed by atoms with E-state index in [0.29, 0.717) is 23.6 Å². The summed E-state index contributed by atoms with van der Waals surface area (Å²) in [5.74, 6) is 0.0649. The van der Waals surface area contributed by atoms with Crippen LogP contribution in [0.1, 0.15) is 50.0 Å². The van der Waals surface area contributed by atoms with Crippen molar-refractivity contribution in [3.63, 3.8) is 0 Å². The summed E-state index contributed by atoms with van der Waals surface area (Å²) >= 11 is 0. The molecule has 24 heavy (non-hydrogen) atoms. The van der Waals surface area contributed by atoms with E-state index in [9.17, 15) is 13.2 Å². The smallest absolute Gasteiger partial charge is 0.252 e. The second kappa shape index (κ2) is 8.09. The monoisotopic (exact) mass is 355 g/mol. The lowest BCUT2D eigenvalue weighted by atomic mass is 9.90. The van der Waals surface area contributed by atoms with Gasteiger partial charge < -0.3 is 11.1 Å². The zero-order chi connectivity index (χ0) is 18.5. The van der Waals surface area contributed by atoms with Gasteiger partial charge in [-0.25, -0.2) is 13.1 Å². The molecule has 0 aliphatic rings. The maximum atomic E-state index is 12.7. The van der Waals surface area contributed by atoms with E-state index < -0.39 is 15.6 Å². The highest BCUT2D eigenvalue weighted by atomic mass is 32.2. The molecule has 0 aliphatic carbocycles. The summed E-state index contributed by atoms with van der Waals surface area (Å²) in [5.41, 5.74) is 6.36. The molecule has 0 bridgehead atoms. The quantitative estimate of drug-likeness (QED) is 0.661. The number of amides is 1. The third-order valence-corrected chi connectivity index (χ3v) is 5.37. The Bertz CT molecular complexity index is 686. The minimum atomic E-state index is -3.61. The first-order chi connectivity index (χ1) is 11.0. The lowest BCUT2D eigenvalue weighted by Gasteiger charge is -2.31. The van der Waals surface area contributed by atoms with Gasteiger partial charge in [0.1, 0.15) is 0 Å². The lowest BCUT2D eigenvalue weighted by Crippen LogP contribution is -2.52. The van der Waals surface area contributed by atoms with Crippen LogP contribution in [0.25, 0.3) is 0 Å². The normalized spacial score (nSPS) is 14.5. The highest BCUT2D eigenvalue weighted by Gasteiger charge is 2.27. The molecule has 0 spiro atoms. The number of rotatable bonds is 8. The van der Waals surface area contributed by atoms with Gasteiger partial charge in [0.05, 0.1) is 4.90 Å². The van der Waals surface area contributed by atoms with Crippen LogP contribution in [0.2, 0.25) is 0 Å². The average molecular weight is 356 g/mol. The van der Waals surface area contributed by atoms with Crippen LogP contribution in [0, 0.1) is 12.8 Å². The molecule has 4 N–H and O–H groups in total. The minimum absolute atomic E-state index is 0.0819. The Morgan fingerprint density at radius 2 is 1.96 bits per heavy atom. The van der Waals surface area contributed by atoms with Crippen molar-refractivity contribution < 1.29 is 13.2 Å². The summed E-state index contributed by atoms with van der Waals surface area (Å²) in [6.45, 7) is 10.1. The predicted molar refractivity (Wildman–Crippen MR) is 96.4 cm³/mol. The summed E-state index contributed by atoms with van der Waals surface area (Å²) in [6.07, 6.45) is 0.740. The fourth-order valence-electron chi connectivity index (χ4n) is 2.71. The number of carbonyl (C=O) groups is 1. The minimum Gasteiger partial charge on any atom is -0.346 e. The van der Waals surface area contributed by atoms with Crippen LogP contribution in [0.15, 0.2) is 23.1 Å². The first-order valence-corrected chi connectivity index (χ1v) is 9.66. The van der Waals surface area contributed by atoms with Gasteiger partial charge in [0.15, 0.2) is 0 Å². The Morgan fingerprint density at radius 3 is 2.46 bits per heavy atom. The first-order valence-electron chi connectivity index (χ1n) is 8.17. The molecular weight excluding hydrogens is 326 g/mol. The molecule has 7 heteroatoms. The van der Waals surface area contributed by atoms with Gasteiger partial charge in [0, 0.05) is 24.2 Å². The van der Waals surface area contributed by atoms with Gasteiger partial charge in [-0.05, 0) is 43.9 Å². The Morgan fingerprint density at radius 1 is 1.33 bits per heavy atom. The zero-order valence-corrected chi connectivity index (χ0v) is 16.0. The number of carbonyl (C=O) groups excluding carboxylic acids is 1. The maximum absolute atomic E-state index is 12.7. The van der Waals surface area contributed by atoms with E-state index in [1.807, 2.05) is 6.92 Å². The fraction of sp³-hybridized carbons (Fsp3) is 0.588. The maximum Gasteiger partial charge on any atom is 0.252 e. The van der Waals surface area contributed by atoms with Crippen LogP contribution in [0.3, 0.4) is 0 Å². The van der Waals surface area contributed by atoms with Gasteiger partial charge in [0.25, 0.3) is 5.91 Å². The van der Waals surface area contributed by atoms with Crippen LogP contribution in [0.5, 0.6) is 0 Å². The van der Waals surface area contributed by atoms with E-state index in [0.717, 1.165) is 6.42 Å². The van der Waals surface area contributed by atoms with Crippen molar-refractivity contribution in [2.75, 3.05) is 13.1 Å². The molecule has 1 aromatic carbocycles. The molecule has 1 aromatic rings. The van der Waals surface area contributed by atoms with E-state index in [-0.39, 0.29) is 17.3 Å². The highest BCUT2D eigenvalue weighted by molar-refractivity contribution is 7.89. The van der Waals surface area contributed by atoms with E-state index in [1.165, 1.54) is 12.1 Å². The lowest BCUT2D eigenvalue weighted by molar-refractivity contribution is 0.0897. The molecule has 136 valence electrons. The summed E-state index contributed by atoms with van der Waals surface area (Å²) in [4.78, 5) is 12.8. The summed E-state index contributed by atoms with van der Waals surface area (Å²) < 4.78 is 26.7. The molecule has 1 rings (SSSR count). The molecule has 0 radical (unpaired) electrons. The largest absolute Gasteiger partial charge is 0.346 e. The second-order valence-corrected chi connectivity index (χ2v) is 8.56. The number of hydrogen-bond acceptors (Lipinski definition) is 4. The Labute approximate surface area is 145 Å². The number of nitrogens with one attached hydrogen (secondary N) is 2. The molecule has 0 aliphatic heterocycles. The molecule has 0 fully saturated rings. The van der Waals surface area contributed by atoms with Gasteiger partial charge in [-0.15, -0.1) is 0 Å². The van der Waals surface area contributed by atoms with Crippen LogP contribution in [-0.4, -0.2) is 33.0 Å². The fourth-order valence-corrected chi connectivity index (χ4v) is 3.78. The van der Waals surface area contributed by atoms with Crippen molar-refractivity contribution in [3.05, 3.63) is 29.3 Å². The summed E-state index contributed by atoms with van der Waals surface area (Å²) in [7, 11) is -3.61. The average Bonchev–Trinajstić information content (AvgIpc) is 2.46. The van der Waals surface area contributed by atoms with Crippen LogP contribution in [0.4, 0.5) is 0 Å². The molecule has 1 amide bonds. The Hall–Kier alpha value is -1.44. The molecular formula is C17H29N3O3S. The predicted octanol–water partition coefficient (Wildman–Crippen LogP) is 1.79. The second-order valence-electron chi connectivity index (χ2n) is 6.79.